The minimum absolute atomic E-state index is 0.442. The van der Waals surface area contributed by atoms with Gasteiger partial charge in [-0.15, -0.1) is 0 Å². The van der Waals surface area contributed by atoms with E-state index in [1.54, 1.807) is 0 Å². The van der Waals surface area contributed by atoms with E-state index in [0.29, 0.717) is 18.2 Å². The van der Waals surface area contributed by atoms with Gasteiger partial charge in [0.1, 0.15) is 0 Å². The van der Waals surface area contributed by atoms with Gasteiger partial charge in [0.05, 0.1) is 12.2 Å². The average molecular weight is 242 g/mol. The molecule has 0 aromatic rings. The van der Waals surface area contributed by atoms with Crippen LogP contribution in [0.15, 0.2) is 0 Å². The van der Waals surface area contributed by atoms with Gasteiger partial charge >= 0.3 is 0 Å². The minimum Gasteiger partial charge on any atom is -0.372 e. The quantitative estimate of drug-likeness (QED) is 0.661. The van der Waals surface area contributed by atoms with Gasteiger partial charge in [-0.3, -0.25) is 0 Å². The van der Waals surface area contributed by atoms with Gasteiger partial charge in [0.25, 0.3) is 0 Å². The number of hydrogen-bond acceptors (Lipinski definition) is 3. The first-order valence-corrected chi connectivity index (χ1v) is 7.23. The molecule has 1 saturated heterocycles. The monoisotopic (exact) mass is 242 g/mol. The van der Waals surface area contributed by atoms with Crippen molar-refractivity contribution in [1.82, 2.24) is 10.2 Å². The van der Waals surface area contributed by atoms with Gasteiger partial charge in [-0.2, -0.15) is 0 Å². The molecular weight excluding hydrogens is 212 g/mol. The van der Waals surface area contributed by atoms with Crippen molar-refractivity contribution in [2.45, 2.75) is 64.7 Å². The minimum atomic E-state index is 0.442. The Bertz CT molecular complexity index is 199. The van der Waals surface area contributed by atoms with Crippen LogP contribution in [0.1, 0.15) is 46.5 Å². The second-order valence-corrected chi connectivity index (χ2v) is 5.36. The molecule has 1 N–H and O–H groups in total. The second-order valence-electron chi connectivity index (χ2n) is 5.36. The summed E-state index contributed by atoms with van der Waals surface area (Å²) in [7, 11) is 2.21. The van der Waals surface area contributed by atoms with E-state index in [4.69, 9.17) is 4.74 Å². The van der Waals surface area contributed by atoms with Gasteiger partial charge in [-0.05, 0) is 46.2 Å². The molecule has 0 amide bonds. The Morgan fingerprint density at radius 1 is 1.29 bits per heavy atom. The van der Waals surface area contributed by atoms with Crippen LogP contribution in [0, 0.1) is 0 Å². The zero-order chi connectivity index (χ0) is 12.7. The van der Waals surface area contributed by atoms with Gasteiger partial charge in [0.15, 0.2) is 0 Å². The van der Waals surface area contributed by atoms with Crippen LogP contribution in [0.2, 0.25) is 0 Å². The van der Waals surface area contributed by atoms with Crippen LogP contribution < -0.4 is 5.32 Å². The number of ether oxygens (including phenoxy) is 1. The fourth-order valence-corrected chi connectivity index (χ4v) is 2.32. The van der Waals surface area contributed by atoms with Crippen LogP contribution in [-0.4, -0.2) is 49.8 Å². The van der Waals surface area contributed by atoms with E-state index in [9.17, 15) is 0 Å². The predicted octanol–water partition coefficient (Wildman–Crippen LogP) is 2.26. The molecule has 3 unspecified atom stereocenters. The van der Waals surface area contributed by atoms with Crippen molar-refractivity contribution in [1.29, 1.82) is 0 Å². The standard InChI is InChI=1S/C14H30N2O/c1-5-9-15-10-13-7-8-14(17-13)11-16(4)12(3)6-2/h12-15H,5-11H2,1-4H3. The maximum atomic E-state index is 6.07. The zero-order valence-electron chi connectivity index (χ0n) is 12.0. The second kappa shape index (κ2) is 8.06. The van der Waals surface area contributed by atoms with Crippen LogP contribution in [0.4, 0.5) is 0 Å². The third-order valence-electron chi connectivity index (χ3n) is 3.83. The Morgan fingerprint density at radius 2 is 2.00 bits per heavy atom. The first-order chi connectivity index (χ1) is 8.17. The van der Waals surface area contributed by atoms with Crippen LogP contribution in [0.3, 0.4) is 0 Å². The Balaban J connectivity index is 2.16. The fourth-order valence-electron chi connectivity index (χ4n) is 2.32. The van der Waals surface area contributed by atoms with Crippen molar-refractivity contribution in [2.24, 2.45) is 0 Å². The van der Waals surface area contributed by atoms with Crippen LogP contribution in [0.25, 0.3) is 0 Å². The maximum absolute atomic E-state index is 6.07. The molecule has 0 spiro atoms. The molecule has 17 heavy (non-hydrogen) atoms. The lowest BCUT2D eigenvalue weighted by Crippen LogP contribution is -2.36. The Hall–Kier alpha value is -0.120. The highest BCUT2D eigenvalue weighted by Crippen LogP contribution is 2.20. The maximum Gasteiger partial charge on any atom is 0.0707 e. The van der Waals surface area contributed by atoms with E-state index in [0.717, 1.165) is 19.6 Å². The molecule has 0 aliphatic carbocycles. The van der Waals surface area contributed by atoms with E-state index in [2.05, 4.69) is 38.0 Å². The summed E-state index contributed by atoms with van der Waals surface area (Å²) in [5.74, 6) is 0. The highest BCUT2D eigenvalue weighted by atomic mass is 16.5. The van der Waals surface area contributed by atoms with Crippen molar-refractivity contribution in [3.63, 3.8) is 0 Å². The molecule has 1 aliphatic rings. The van der Waals surface area contributed by atoms with Crippen molar-refractivity contribution >= 4 is 0 Å². The molecule has 0 aromatic heterocycles. The van der Waals surface area contributed by atoms with E-state index in [1.165, 1.54) is 25.7 Å². The highest BCUT2D eigenvalue weighted by molar-refractivity contribution is 4.78. The van der Waals surface area contributed by atoms with Crippen LogP contribution >= 0.6 is 0 Å². The number of nitrogens with one attached hydrogen (secondary N) is 1. The highest BCUT2D eigenvalue weighted by Gasteiger charge is 2.26. The molecule has 3 nitrogen and oxygen atoms in total. The third kappa shape index (κ3) is 5.36. The fraction of sp³-hybridized carbons (Fsp3) is 1.00. The first kappa shape index (κ1) is 14.9. The number of nitrogens with zero attached hydrogens (tertiary/aromatic N) is 1. The van der Waals surface area contributed by atoms with E-state index in [-0.39, 0.29) is 0 Å². The van der Waals surface area contributed by atoms with Gasteiger partial charge in [0, 0.05) is 19.1 Å². The molecular formula is C14H30N2O. The molecule has 1 fully saturated rings. The van der Waals surface area contributed by atoms with Gasteiger partial charge in [0.2, 0.25) is 0 Å². The zero-order valence-corrected chi connectivity index (χ0v) is 12.0. The van der Waals surface area contributed by atoms with E-state index in [1.807, 2.05) is 0 Å². The van der Waals surface area contributed by atoms with Crippen molar-refractivity contribution in [3.05, 3.63) is 0 Å². The lowest BCUT2D eigenvalue weighted by Gasteiger charge is -2.26. The topological polar surface area (TPSA) is 24.5 Å². The molecule has 0 aromatic carbocycles. The van der Waals surface area contributed by atoms with Gasteiger partial charge in [-0.1, -0.05) is 13.8 Å². The smallest absolute Gasteiger partial charge is 0.0707 e. The summed E-state index contributed by atoms with van der Waals surface area (Å²) < 4.78 is 6.07. The van der Waals surface area contributed by atoms with Crippen molar-refractivity contribution in [2.75, 3.05) is 26.7 Å². The summed E-state index contributed by atoms with van der Waals surface area (Å²) in [5.41, 5.74) is 0. The number of rotatable bonds is 8. The molecule has 1 aliphatic heterocycles. The largest absolute Gasteiger partial charge is 0.372 e. The molecule has 1 heterocycles. The molecule has 102 valence electrons. The predicted molar refractivity (Wildman–Crippen MR) is 73.4 cm³/mol. The number of likely N-dealkylation sites (N-methyl/N-ethyl adjacent to an activating group) is 1. The SMILES string of the molecule is CCCNCC1CCC(CN(C)C(C)CC)O1. The van der Waals surface area contributed by atoms with E-state index < -0.39 is 0 Å². The Labute approximate surface area is 107 Å². The molecule has 1 rings (SSSR count). The average Bonchev–Trinajstić information content (AvgIpc) is 2.76. The third-order valence-corrected chi connectivity index (χ3v) is 3.83. The summed E-state index contributed by atoms with van der Waals surface area (Å²) in [4.78, 5) is 2.42. The van der Waals surface area contributed by atoms with Crippen LogP contribution in [-0.2, 0) is 4.74 Å². The molecule has 3 atom stereocenters. The molecule has 3 heteroatoms. The summed E-state index contributed by atoms with van der Waals surface area (Å²) in [5, 5.41) is 3.45. The Kier molecular flexibility index (Phi) is 7.09. The van der Waals surface area contributed by atoms with Crippen molar-refractivity contribution < 1.29 is 4.74 Å². The summed E-state index contributed by atoms with van der Waals surface area (Å²) in [6.07, 6.45) is 5.74. The lowest BCUT2D eigenvalue weighted by atomic mass is 10.1. The lowest BCUT2D eigenvalue weighted by molar-refractivity contribution is 0.0217. The van der Waals surface area contributed by atoms with Gasteiger partial charge in [-0.25, -0.2) is 0 Å². The van der Waals surface area contributed by atoms with E-state index >= 15 is 0 Å². The molecule has 0 bridgehead atoms. The summed E-state index contributed by atoms with van der Waals surface area (Å²) in [6, 6.07) is 0.663. The van der Waals surface area contributed by atoms with Crippen molar-refractivity contribution in [3.8, 4) is 0 Å². The number of hydrogen-bond donors (Lipinski definition) is 1. The molecule has 0 saturated carbocycles. The van der Waals surface area contributed by atoms with Gasteiger partial charge < -0.3 is 15.0 Å². The first-order valence-electron chi connectivity index (χ1n) is 7.23. The molecule has 0 radical (unpaired) electrons. The summed E-state index contributed by atoms with van der Waals surface area (Å²) >= 11 is 0. The van der Waals surface area contributed by atoms with Crippen LogP contribution in [0.5, 0.6) is 0 Å². The summed E-state index contributed by atoms with van der Waals surface area (Å²) in [6.45, 7) is 9.95. The normalized spacial score (nSPS) is 26.6. The Morgan fingerprint density at radius 3 is 2.65 bits per heavy atom.